The Morgan fingerprint density at radius 3 is 2.39 bits per heavy atom. The minimum Gasteiger partial charge on any atom is -0.332 e. The molecule has 0 saturated heterocycles. The molecule has 3 aromatic carbocycles. The summed E-state index contributed by atoms with van der Waals surface area (Å²) in [5.74, 6) is 0.709. The molecule has 0 bridgehead atoms. The van der Waals surface area contributed by atoms with E-state index in [1.807, 2.05) is 43.3 Å². The summed E-state index contributed by atoms with van der Waals surface area (Å²) in [6.07, 6.45) is 0. The van der Waals surface area contributed by atoms with Crippen LogP contribution in [-0.2, 0) is 0 Å². The van der Waals surface area contributed by atoms with Crippen molar-refractivity contribution in [2.75, 3.05) is 0 Å². The molecule has 0 radical (unpaired) electrons. The Morgan fingerprint density at radius 2 is 1.65 bits per heavy atom. The summed E-state index contributed by atoms with van der Waals surface area (Å²) >= 11 is 6.00. The van der Waals surface area contributed by atoms with E-state index in [9.17, 15) is 4.79 Å². The molecular formula is C24H17ClN4O2. The van der Waals surface area contributed by atoms with Crippen molar-refractivity contribution in [3.05, 3.63) is 93.2 Å². The number of fused-ring (bicyclic) bond motifs is 1. The third-order valence-corrected chi connectivity index (χ3v) is 5.52. The van der Waals surface area contributed by atoms with Gasteiger partial charge in [0.25, 0.3) is 11.4 Å². The number of hydrogen-bond acceptors (Lipinski definition) is 5. The number of aromatic nitrogens is 4. The Morgan fingerprint density at radius 1 is 0.903 bits per heavy atom. The summed E-state index contributed by atoms with van der Waals surface area (Å²) in [4.78, 5) is 17.7. The van der Waals surface area contributed by atoms with E-state index in [1.54, 1.807) is 30.3 Å². The highest BCUT2D eigenvalue weighted by molar-refractivity contribution is 6.30. The Hall–Kier alpha value is -3.77. The van der Waals surface area contributed by atoms with Crippen molar-refractivity contribution in [3.8, 4) is 28.7 Å². The molecule has 0 N–H and O–H groups in total. The SMILES string of the molecule is Cc1ccc(-c2noc(-c3nn(-c4ccc(Cl)cc4)c(=O)c4ccccc34)n2)cc1C. The second kappa shape index (κ2) is 7.49. The molecule has 0 atom stereocenters. The third-order valence-electron chi connectivity index (χ3n) is 5.27. The van der Waals surface area contributed by atoms with Crippen LogP contribution in [-0.4, -0.2) is 19.9 Å². The van der Waals surface area contributed by atoms with Crippen molar-refractivity contribution in [2.24, 2.45) is 0 Å². The lowest BCUT2D eigenvalue weighted by atomic mass is 10.1. The summed E-state index contributed by atoms with van der Waals surface area (Å²) in [5, 5.41) is 10.5. The standard InChI is InChI=1S/C24H17ClN4O2/c1-14-7-8-16(13-15(14)2)22-26-23(31-28-22)21-19-5-3-4-6-20(19)24(30)29(27-21)18-11-9-17(25)10-12-18/h3-13H,1-2H3. The normalized spacial score (nSPS) is 11.2. The lowest BCUT2D eigenvalue weighted by Gasteiger charge is -2.09. The molecule has 0 spiro atoms. The van der Waals surface area contributed by atoms with Gasteiger partial charge in [-0.25, -0.2) is 0 Å². The van der Waals surface area contributed by atoms with Gasteiger partial charge in [0.2, 0.25) is 5.82 Å². The minimum absolute atomic E-state index is 0.240. The number of halogens is 1. The van der Waals surface area contributed by atoms with E-state index in [0.29, 0.717) is 33.0 Å². The first-order valence-corrected chi connectivity index (χ1v) is 10.1. The molecule has 0 aliphatic heterocycles. The Labute approximate surface area is 182 Å². The molecule has 0 saturated carbocycles. The first-order valence-electron chi connectivity index (χ1n) is 9.71. The van der Waals surface area contributed by atoms with E-state index in [2.05, 4.69) is 22.2 Å². The Kier molecular flexibility index (Phi) is 4.64. The van der Waals surface area contributed by atoms with Gasteiger partial charge in [0, 0.05) is 16.0 Å². The van der Waals surface area contributed by atoms with Crippen LogP contribution < -0.4 is 5.56 Å². The van der Waals surface area contributed by atoms with E-state index in [1.165, 1.54) is 10.2 Å². The summed E-state index contributed by atoms with van der Waals surface area (Å²) in [5.41, 5.74) is 3.98. The van der Waals surface area contributed by atoms with Gasteiger partial charge in [0.1, 0.15) is 0 Å². The van der Waals surface area contributed by atoms with Gasteiger partial charge in [0.15, 0.2) is 5.69 Å². The van der Waals surface area contributed by atoms with Crippen LogP contribution in [0.2, 0.25) is 5.02 Å². The maximum atomic E-state index is 13.1. The average Bonchev–Trinajstić information content (AvgIpc) is 3.27. The van der Waals surface area contributed by atoms with Crippen LogP contribution >= 0.6 is 11.6 Å². The maximum Gasteiger partial charge on any atom is 0.279 e. The third kappa shape index (κ3) is 3.41. The lowest BCUT2D eigenvalue weighted by Crippen LogP contribution is -2.22. The highest BCUT2D eigenvalue weighted by Gasteiger charge is 2.19. The first-order chi connectivity index (χ1) is 15.0. The molecular weight excluding hydrogens is 412 g/mol. The van der Waals surface area contributed by atoms with Crippen LogP contribution in [0, 0.1) is 13.8 Å². The van der Waals surface area contributed by atoms with Gasteiger partial charge >= 0.3 is 0 Å². The van der Waals surface area contributed by atoms with Gasteiger partial charge < -0.3 is 4.52 Å². The van der Waals surface area contributed by atoms with Crippen LogP contribution in [0.25, 0.3) is 39.4 Å². The molecule has 7 heteroatoms. The zero-order chi connectivity index (χ0) is 21.5. The molecule has 5 aromatic rings. The number of hydrogen-bond donors (Lipinski definition) is 0. The van der Waals surface area contributed by atoms with E-state index >= 15 is 0 Å². The number of rotatable bonds is 3. The molecule has 0 amide bonds. The van der Waals surface area contributed by atoms with Gasteiger partial charge in [-0.3, -0.25) is 4.79 Å². The fourth-order valence-corrected chi connectivity index (χ4v) is 3.55. The smallest absolute Gasteiger partial charge is 0.279 e. The summed E-state index contributed by atoms with van der Waals surface area (Å²) < 4.78 is 6.90. The zero-order valence-corrected chi connectivity index (χ0v) is 17.6. The fraction of sp³-hybridized carbons (Fsp3) is 0.0833. The Balaban J connectivity index is 1.71. The van der Waals surface area contributed by atoms with Gasteiger partial charge in [0.05, 0.1) is 11.1 Å². The first kappa shape index (κ1) is 19.2. The fourth-order valence-electron chi connectivity index (χ4n) is 3.42. The molecule has 0 fully saturated rings. The van der Waals surface area contributed by atoms with Crippen molar-refractivity contribution >= 4 is 22.4 Å². The predicted octanol–water partition coefficient (Wildman–Crippen LogP) is 5.37. The van der Waals surface area contributed by atoms with Crippen molar-refractivity contribution < 1.29 is 4.52 Å². The van der Waals surface area contributed by atoms with Gasteiger partial charge in [-0.1, -0.05) is 47.1 Å². The second-order valence-electron chi connectivity index (χ2n) is 7.31. The van der Waals surface area contributed by atoms with Crippen molar-refractivity contribution in [2.45, 2.75) is 13.8 Å². The minimum atomic E-state index is -0.240. The van der Waals surface area contributed by atoms with Crippen LogP contribution in [0.5, 0.6) is 0 Å². The van der Waals surface area contributed by atoms with Gasteiger partial charge in [-0.15, -0.1) is 0 Å². The number of aryl methyl sites for hydroxylation is 2. The van der Waals surface area contributed by atoms with Crippen molar-refractivity contribution in [3.63, 3.8) is 0 Å². The Bertz CT molecular complexity index is 1490. The molecule has 0 aliphatic carbocycles. The maximum absolute atomic E-state index is 13.1. The number of benzene rings is 3. The molecule has 6 nitrogen and oxygen atoms in total. The average molecular weight is 429 g/mol. The molecule has 0 aliphatic rings. The second-order valence-corrected chi connectivity index (χ2v) is 7.75. The van der Waals surface area contributed by atoms with Gasteiger partial charge in [-0.05, 0) is 61.4 Å². The van der Waals surface area contributed by atoms with Crippen LogP contribution in [0.1, 0.15) is 11.1 Å². The summed E-state index contributed by atoms with van der Waals surface area (Å²) in [6, 6.07) is 20.1. The molecule has 5 rings (SSSR count). The summed E-state index contributed by atoms with van der Waals surface area (Å²) in [7, 11) is 0. The van der Waals surface area contributed by atoms with E-state index in [-0.39, 0.29) is 11.4 Å². The highest BCUT2D eigenvalue weighted by Crippen LogP contribution is 2.27. The largest absolute Gasteiger partial charge is 0.332 e. The lowest BCUT2D eigenvalue weighted by molar-refractivity contribution is 0.430. The molecule has 2 heterocycles. The molecule has 0 unspecified atom stereocenters. The molecule has 2 aromatic heterocycles. The topological polar surface area (TPSA) is 73.8 Å². The van der Waals surface area contributed by atoms with Crippen molar-refractivity contribution in [1.82, 2.24) is 19.9 Å². The molecule has 31 heavy (non-hydrogen) atoms. The quantitative estimate of drug-likeness (QED) is 0.386. The summed E-state index contributed by atoms with van der Waals surface area (Å²) in [6.45, 7) is 4.09. The van der Waals surface area contributed by atoms with E-state index in [4.69, 9.17) is 16.1 Å². The van der Waals surface area contributed by atoms with Gasteiger partial charge in [-0.2, -0.15) is 14.8 Å². The molecule has 152 valence electrons. The van der Waals surface area contributed by atoms with E-state index < -0.39 is 0 Å². The van der Waals surface area contributed by atoms with Crippen molar-refractivity contribution in [1.29, 1.82) is 0 Å². The number of nitrogens with zero attached hydrogens (tertiary/aromatic N) is 4. The highest BCUT2D eigenvalue weighted by atomic mass is 35.5. The van der Waals surface area contributed by atoms with Crippen LogP contribution in [0.4, 0.5) is 0 Å². The van der Waals surface area contributed by atoms with E-state index in [0.717, 1.165) is 11.1 Å². The van der Waals surface area contributed by atoms with Crippen LogP contribution in [0.15, 0.2) is 76.0 Å². The monoisotopic (exact) mass is 428 g/mol. The van der Waals surface area contributed by atoms with Crippen LogP contribution in [0.3, 0.4) is 0 Å². The zero-order valence-electron chi connectivity index (χ0n) is 16.8. The predicted molar refractivity (Wildman–Crippen MR) is 121 cm³/mol.